The predicted molar refractivity (Wildman–Crippen MR) is 108 cm³/mol. The zero-order chi connectivity index (χ0) is 19.2. The van der Waals surface area contributed by atoms with Crippen molar-refractivity contribution >= 4 is 32.5 Å². The fraction of sp³-hybridized carbons (Fsp3) is 0.250. The van der Waals surface area contributed by atoms with Crippen LogP contribution in [0.1, 0.15) is 6.42 Å². The van der Waals surface area contributed by atoms with Crippen LogP contribution in [0.2, 0.25) is 0 Å². The maximum Gasteiger partial charge on any atom is 0.167 e. The van der Waals surface area contributed by atoms with Gasteiger partial charge in [-0.05, 0) is 30.7 Å². The number of hydrogen-bond donors (Lipinski definition) is 1. The fourth-order valence-electron chi connectivity index (χ4n) is 2.58. The number of rotatable bonds is 8. The van der Waals surface area contributed by atoms with Crippen LogP contribution in [0, 0.1) is 5.82 Å². The molecule has 142 valence electrons. The molecule has 0 bridgehead atoms. The van der Waals surface area contributed by atoms with Gasteiger partial charge in [-0.15, -0.1) is 0 Å². The van der Waals surface area contributed by atoms with Crippen molar-refractivity contribution in [1.29, 1.82) is 0 Å². The number of anilines is 1. The number of nitrogens with zero attached hydrogens (tertiary/aromatic N) is 1. The highest BCUT2D eigenvalue weighted by Gasteiger charge is 2.13. The minimum Gasteiger partial charge on any atom is -0.493 e. The van der Waals surface area contributed by atoms with E-state index in [1.165, 1.54) is 6.07 Å². The molecule has 0 atom stereocenters. The van der Waals surface area contributed by atoms with Crippen LogP contribution in [-0.4, -0.2) is 31.1 Å². The van der Waals surface area contributed by atoms with Gasteiger partial charge < -0.3 is 19.5 Å². The minimum atomic E-state index is -0.450. The van der Waals surface area contributed by atoms with Crippen molar-refractivity contribution in [3.8, 4) is 23.0 Å². The molecule has 5 nitrogen and oxygen atoms in total. The van der Waals surface area contributed by atoms with Gasteiger partial charge in [0.2, 0.25) is 0 Å². The molecule has 0 unspecified atom stereocenters. The van der Waals surface area contributed by atoms with E-state index < -0.39 is 5.82 Å². The summed E-state index contributed by atoms with van der Waals surface area (Å²) in [4.78, 5) is 4.37. The normalized spacial score (nSPS) is 10.7. The fourth-order valence-corrected chi connectivity index (χ4v) is 2.81. The Labute approximate surface area is 165 Å². The summed E-state index contributed by atoms with van der Waals surface area (Å²) < 4.78 is 31.3. The van der Waals surface area contributed by atoms with Crippen LogP contribution in [-0.2, 0) is 0 Å². The summed E-state index contributed by atoms with van der Waals surface area (Å²) in [5.41, 5.74) is 1.35. The molecule has 0 amide bonds. The molecular formula is C20H20BrFN2O3. The first-order chi connectivity index (χ1) is 13.2. The Bertz CT molecular complexity index is 936. The average molecular weight is 435 g/mol. The highest BCUT2D eigenvalue weighted by atomic mass is 79.9. The Morgan fingerprint density at radius 3 is 2.63 bits per heavy atom. The van der Waals surface area contributed by atoms with Crippen molar-refractivity contribution in [3.05, 3.63) is 48.4 Å². The van der Waals surface area contributed by atoms with E-state index in [4.69, 9.17) is 14.2 Å². The van der Waals surface area contributed by atoms with E-state index in [0.29, 0.717) is 40.4 Å². The molecule has 0 saturated heterocycles. The van der Waals surface area contributed by atoms with Gasteiger partial charge in [0.15, 0.2) is 23.1 Å². The molecule has 0 aliphatic carbocycles. The van der Waals surface area contributed by atoms with Gasteiger partial charge in [-0.3, -0.25) is 4.98 Å². The van der Waals surface area contributed by atoms with E-state index in [2.05, 4.69) is 26.2 Å². The van der Waals surface area contributed by atoms with Crippen LogP contribution < -0.4 is 19.5 Å². The smallest absolute Gasteiger partial charge is 0.167 e. The monoisotopic (exact) mass is 434 g/mol. The van der Waals surface area contributed by atoms with Gasteiger partial charge in [0.05, 0.1) is 19.2 Å². The highest BCUT2D eigenvalue weighted by molar-refractivity contribution is 9.09. The molecule has 0 saturated carbocycles. The van der Waals surface area contributed by atoms with Gasteiger partial charge in [0.1, 0.15) is 5.75 Å². The molecule has 2 aromatic carbocycles. The maximum absolute atomic E-state index is 14.3. The van der Waals surface area contributed by atoms with E-state index in [9.17, 15) is 4.39 Å². The lowest BCUT2D eigenvalue weighted by atomic mass is 10.1. The second-order valence-electron chi connectivity index (χ2n) is 5.72. The predicted octanol–water partition coefficient (Wildman–Crippen LogP) is 5.38. The number of halogens is 2. The molecule has 7 heteroatoms. The molecule has 1 heterocycles. The lowest BCUT2D eigenvalue weighted by Crippen LogP contribution is -2.00. The number of hydrogen-bond acceptors (Lipinski definition) is 5. The lowest BCUT2D eigenvalue weighted by molar-refractivity contribution is 0.296. The quantitative estimate of drug-likeness (QED) is 0.380. The highest BCUT2D eigenvalue weighted by Crippen LogP contribution is 2.37. The van der Waals surface area contributed by atoms with Crippen LogP contribution >= 0.6 is 15.9 Å². The molecule has 0 spiro atoms. The molecule has 0 aliphatic heterocycles. The number of ether oxygens (including phenoxy) is 3. The first-order valence-electron chi connectivity index (χ1n) is 8.47. The second kappa shape index (κ2) is 8.90. The van der Waals surface area contributed by atoms with Gasteiger partial charge in [-0.2, -0.15) is 0 Å². The van der Waals surface area contributed by atoms with Crippen molar-refractivity contribution < 1.29 is 18.6 Å². The molecule has 3 aromatic rings. The SMILES string of the molecule is CNc1ccc(Oc2ccnc3cc(OCCCBr)c(OC)cc23)c(F)c1. The van der Waals surface area contributed by atoms with Crippen LogP contribution in [0.5, 0.6) is 23.0 Å². The number of fused-ring (bicyclic) bond motifs is 1. The molecular weight excluding hydrogens is 415 g/mol. The first kappa shape index (κ1) is 19.2. The molecule has 3 rings (SSSR count). The van der Waals surface area contributed by atoms with Crippen molar-refractivity contribution in [2.24, 2.45) is 0 Å². The third-order valence-electron chi connectivity index (χ3n) is 3.96. The number of alkyl halides is 1. The first-order valence-corrected chi connectivity index (χ1v) is 9.59. The molecule has 1 aromatic heterocycles. The summed E-state index contributed by atoms with van der Waals surface area (Å²) in [5.74, 6) is 1.36. The number of aromatic nitrogens is 1. The Morgan fingerprint density at radius 1 is 1.07 bits per heavy atom. The van der Waals surface area contributed by atoms with Crippen LogP contribution in [0.15, 0.2) is 42.6 Å². The van der Waals surface area contributed by atoms with E-state index in [1.54, 1.807) is 50.7 Å². The number of nitrogens with one attached hydrogen (secondary N) is 1. The van der Waals surface area contributed by atoms with E-state index >= 15 is 0 Å². The van der Waals surface area contributed by atoms with Crippen molar-refractivity contribution in [2.45, 2.75) is 6.42 Å². The number of benzene rings is 2. The third-order valence-corrected chi connectivity index (χ3v) is 4.52. The number of methoxy groups -OCH3 is 1. The summed E-state index contributed by atoms with van der Waals surface area (Å²) in [7, 11) is 3.31. The second-order valence-corrected chi connectivity index (χ2v) is 6.51. The summed E-state index contributed by atoms with van der Waals surface area (Å²) in [6, 6.07) is 10.0. The molecule has 27 heavy (non-hydrogen) atoms. The summed E-state index contributed by atoms with van der Waals surface area (Å²) in [6.45, 7) is 0.562. The van der Waals surface area contributed by atoms with E-state index in [0.717, 1.165) is 11.8 Å². The minimum absolute atomic E-state index is 0.137. The largest absolute Gasteiger partial charge is 0.493 e. The van der Waals surface area contributed by atoms with Gasteiger partial charge in [0, 0.05) is 41.8 Å². The van der Waals surface area contributed by atoms with Crippen LogP contribution in [0.3, 0.4) is 0 Å². The Kier molecular flexibility index (Phi) is 6.34. The van der Waals surface area contributed by atoms with Crippen molar-refractivity contribution in [1.82, 2.24) is 4.98 Å². The maximum atomic E-state index is 14.3. The molecule has 0 fully saturated rings. The molecule has 1 N–H and O–H groups in total. The van der Waals surface area contributed by atoms with Gasteiger partial charge in [-0.1, -0.05) is 15.9 Å². The number of pyridine rings is 1. The summed E-state index contributed by atoms with van der Waals surface area (Å²) in [6.07, 6.45) is 2.49. The van der Waals surface area contributed by atoms with E-state index in [1.807, 2.05) is 0 Å². The Hall–Kier alpha value is -2.54. The Morgan fingerprint density at radius 2 is 1.93 bits per heavy atom. The topological polar surface area (TPSA) is 52.6 Å². The van der Waals surface area contributed by atoms with Gasteiger partial charge in [-0.25, -0.2) is 4.39 Å². The lowest BCUT2D eigenvalue weighted by Gasteiger charge is -2.14. The molecule has 0 aliphatic rings. The van der Waals surface area contributed by atoms with Crippen LogP contribution in [0.4, 0.5) is 10.1 Å². The average Bonchev–Trinajstić information content (AvgIpc) is 2.69. The van der Waals surface area contributed by atoms with Crippen molar-refractivity contribution in [2.75, 3.05) is 31.4 Å². The van der Waals surface area contributed by atoms with Gasteiger partial charge >= 0.3 is 0 Å². The standard InChI is InChI=1S/C20H20BrFN2O3/c1-23-13-4-5-18(15(22)10-13)27-17-6-8-24-16-12-20(26-9-3-7-21)19(25-2)11-14(16)17/h4-6,8,10-12,23H,3,7,9H2,1-2H3. The Balaban J connectivity index is 1.96. The third kappa shape index (κ3) is 4.42. The zero-order valence-corrected chi connectivity index (χ0v) is 16.7. The molecule has 0 radical (unpaired) electrons. The summed E-state index contributed by atoms with van der Waals surface area (Å²) >= 11 is 3.38. The van der Waals surface area contributed by atoms with Crippen LogP contribution in [0.25, 0.3) is 10.9 Å². The van der Waals surface area contributed by atoms with E-state index in [-0.39, 0.29) is 5.75 Å². The summed E-state index contributed by atoms with van der Waals surface area (Å²) in [5, 5.41) is 4.46. The zero-order valence-electron chi connectivity index (χ0n) is 15.1. The van der Waals surface area contributed by atoms with Gasteiger partial charge in [0.25, 0.3) is 0 Å². The van der Waals surface area contributed by atoms with Crippen molar-refractivity contribution in [3.63, 3.8) is 0 Å².